The Bertz CT molecular complexity index is 574. The minimum absolute atomic E-state index is 0.287. The molecule has 1 amide bonds. The molecule has 25 heavy (non-hydrogen) atoms. The molecule has 0 bridgehead atoms. The van der Waals surface area contributed by atoms with Crippen LogP contribution in [0.3, 0.4) is 0 Å². The van der Waals surface area contributed by atoms with Gasteiger partial charge in [0, 0.05) is 39.7 Å². The summed E-state index contributed by atoms with van der Waals surface area (Å²) in [6, 6.07) is 8.20. The van der Waals surface area contributed by atoms with Gasteiger partial charge in [-0.3, -0.25) is 4.79 Å². The molecular weight excluding hydrogens is 316 g/mol. The van der Waals surface area contributed by atoms with Crippen molar-refractivity contribution in [3.8, 4) is 0 Å². The van der Waals surface area contributed by atoms with Gasteiger partial charge in [0.05, 0.1) is 13.2 Å². The highest BCUT2D eigenvalue weighted by Gasteiger charge is 2.18. The zero-order valence-corrected chi connectivity index (χ0v) is 15.4. The van der Waals surface area contributed by atoms with Gasteiger partial charge in [-0.05, 0) is 30.9 Å². The second kappa shape index (κ2) is 10.7. The fourth-order valence-electron chi connectivity index (χ4n) is 2.93. The van der Waals surface area contributed by atoms with E-state index >= 15 is 0 Å². The SMILES string of the molecule is CCNC(=NCc1ccccc1COC)NCCCN1CCCC1=O. The minimum atomic E-state index is 0.287. The van der Waals surface area contributed by atoms with Crippen molar-refractivity contribution in [3.05, 3.63) is 35.4 Å². The van der Waals surface area contributed by atoms with E-state index in [9.17, 15) is 4.79 Å². The second-order valence-electron chi connectivity index (χ2n) is 6.16. The number of hydrogen-bond acceptors (Lipinski definition) is 3. The minimum Gasteiger partial charge on any atom is -0.380 e. The number of ether oxygens (including phenoxy) is 1. The van der Waals surface area contributed by atoms with E-state index in [1.165, 1.54) is 5.56 Å². The van der Waals surface area contributed by atoms with Crippen molar-refractivity contribution in [2.24, 2.45) is 4.99 Å². The summed E-state index contributed by atoms with van der Waals surface area (Å²) >= 11 is 0. The maximum absolute atomic E-state index is 11.6. The van der Waals surface area contributed by atoms with Gasteiger partial charge in [0.2, 0.25) is 5.91 Å². The molecule has 6 heteroatoms. The van der Waals surface area contributed by atoms with Crippen molar-refractivity contribution in [1.82, 2.24) is 15.5 Å². The van der Waals surface area contributed by atoms with Crippen molar-refractivity contribution in [3.63, 3.8) is 0 Å². The topological polar surface area (TPSA) is 66.0 Å². The van der Waals surface area contributed by atoms with E-state index in [2.05, 4.69) is 34.7 Å². The van der Waals surface area contributed by atoms with E-state index in [4.69, 9.17) is 4.74 Å². The summed E-state index contributed by atoms with van der Waals surface area (Å²) in [7, 11) is 1.71. The van der Waals surface area contributed by atoms with Gasteiger partial charge in [0.1, 0.15) is 0 Å². The summed E-state index contributed by atoms with van der Waals surface area (Å²) in [5, 5.41) is 6.62. The highest BCUT2D eigenvalue weighted by molar-refractivity contribution is 5.79. The lowest BCUT2D eigenvalue weighted by molar-refractivity contribution is -0.127. The number of carbonyl (C=O) groups excluding carboxylic acids is 1. The van der Waals surface area contributed by atoms with Gasteiger partial charge in [0.15, 0.2) is 5.96 Å². The maximum Gasteiger partial charge on any atom is 0.222 e. The number of benzene rings is 1. The number of methoxy groups -OCH3 is 1. The molecule has 2 rings (SSSR count). The van der Waals surface area contributed by atoms with E-state index in [1.807, 2.05) is 17.0 Å². The Hall–Kier alpha value is -2.08. The first-order valence-corrected chi connectivity index (χ1v) is 9.10. The Morgan fingerprint density at radius 2 is 2.08 bits per heavy atom. The fourth-order valence-corrected chi connectivity index (χ4v) is 2.93. The molecule has 0 aromatic heterocycles. The number of nitrogens with one attached hydrogen (secondary N) is 2. The number of hydrogen-bond donors (Lipinski definition) is 2. The Morgan fingerprint density at radius 1 is 1.28 bits per heavy atom. The normalized spacial score (nSPS) is 14.9. The lowest BCUT2D eigenvalue weighted by Crippen LogP contribution is -2.39. The molecule has 1 aliphatic rings. The lowest BCUT2D eigenvalue weighted by atomic mass is 10.1. The molecule has 1 aromatic rings. The summed E-state index contributed by atoms with van der Waals surface area (Å²) in [6.45, 7) is 6.61. The molecule has 1 aliphatic heterocycles. The van der Waals surface area contributed by atoms with E-state index in [0.29, 0.717) is 19.6 Å². The molecule has 0 atom stereocenters. The van der Waals surface area contributed by atoms with Crippen molar-refractivity contribution < 1.29 is 9.53 Å². The van der Waals surface area contributed by atoms with Crippen LogP contribution in [0.25, 0.3) is 0 Å². The molecule has 138 valence electrons. The second-order valence-corrected chi connectivity index (χ2v) is 6.16. The van der Waals surface area contributed by atoms with Crippen molar-refractivity contribution in [2.45, 2.75) is 39.3 Å². The number of amides is 1. The van der Waals surface area contributed by atoms with Crippen LogP contribution >= 0.6 is 0 Å². The predicted molar refractivity (Wildman–Crippen MR) is 100 cm³/mol. The number of likely N-dealkylation sites (tertiary alicyclic amines) is 1. The Kier molecular flexibility index (Phi) is 8.25. The molecule has 1 fully saturated rings. The number of carbonyl (C=O) groups is 1. The van der Waals surface area contributed by atoms with Crippen LogP contribution in [0.1, 0.15) is 37.3 Å². The van der Waals surface area contributed by atoms with Gasteiger partial charge in [-0.25, -0.2) is 4.99 Å². The zero-order valence-electron chi connectivity index (χ0n) is 15.4. The average molecular weight is 346 g/mol. The summed E-state index contributed by atoms with van der Waals surface area (Å²) in [4.78, 5) is 18.2. The first-order valence-electron chi connectivity index (χ1n) is 9.10. The fraction of sp³-hybridized carbons (Fsp3) is 0.579. The van der Waals surface area contributed by atoms with Gasteiger partial charge < -0.3 is 20.3 Å². The highest BCUT2D eigenvalue weighted by atomic mass is 16.5. The van der Waals surface area contributed by atoms with E-state index < -0.39 is 0 Å². The first-order chi connectivity index (χ1) is 12.2. The standard InChI is InChI=1S/C19H30N4O2/c1-3-20-19(21-11-7-13-23-12-6-10-18(23)24)22-14-16-8-4-5-9-17(16)15-25-2/h4-5,8-9H,3,6-7,10-15H2,1-2H3,(H2,20,21,22). The van der Waals surface area contributed by atoms with Crippen LogP contribution < -0.4 is 10.6 Å². The Morgan fingerprint density at radius 3 is 2.76 bits per heavy atom. The van der Waals surface area contributed by atoms with Crippen molar-refractivity contribution >= 4 is 11.9 Å². The van der Waals surface area contributed by atoms with Crippen LogP contribution in [0, 0.1) is 0 Å². The smallest absolute Gasteiger partial charge is 0.222 e. The van der Waals surface area contributed by atoms with Crippen LogP contribution in [0.5, 0.6) is 0 Å². The van der Waals surface area contributed by atoms with Crippen LogP contribution in [-0.4, -0.2) is 50.1 Å². The lowest BCUT2D eigenvalue weighted by Gasteiger charge is -2.16. The van der Waals surface area contributed by atoms with Crippen LogP contribution in [0.4, 0.5) is 0 Å². The number of guanidine groups is 1. The van der Waals surface area contributed by atoms with Crippen LogP contribution in [-0.2, 0) is 22.7 Å². The molecule has 0 unspecified atom stereocenters. The molecule has 0 spiro atoms. The van der Waals surface area contributed by atoms with Crippen molar-refractivity contribution in [1.29, 1.82) is 0 Å². The van der Waals surface area contributed by atoms with Crippen LogP contribution in [0.15, 0.2) is 29.3 Å². The average Bonchev–Trinajstić information content (AvgIpc) is 3.03. The van der Waals surface area contributed by atoms with Gasteiger partial charge in [-0.2, -0.15) is 0 Å². The Labute approximate surface area is 150 Å². The third-order valence-corrected chi connectivity index (χ3v) is 4.24. The maximum atomic E-state index is 11.6. The Balaban J connectivity index is 1.82. The van der Waals surface area contributed by atoms with Gasteiger partial charge in [-0.1, -0.05) is 24.3 Å². The summed E-state index contributed by atoms with van der Waals surface area (Å²) in [5.74, 6) is 1.10. The molecular formula is C19H30N4O2. The van der Waals surface area contributed by atoms with Gasteiger partial charge >= 0.3 is 0 Å². The highest BCUT2D eigenvalue weighted by Crippen LogP contribution is 2.11. The summed E-state index contributed by atoms with van der Waals surface area (Å²) < 4.78 is 5.25. The summed E-state index contributed by atoms with van der Waals surface area (Å²) in [5.41, 5.74) is 2.33. The molecule has 1 aromatic carbocycles. The first kappa shape index (κ1) is 19.2. The molecule has 6 nitrogen and oxygen atoms in total. The van der Waals surface area contributed by atoms with Gasteiger partial charge in [0.25, 0.3) is 0 Å². The number of aliphatic imine (C=N–C) groups is 1. The third kappa shape index (κ3) is 6.38. The molecule has 0 radical (unpaired) electrons. The summed E-state index contributed by atoms with van der Waals surface area (Å²) in [6.07, 6.45) is 2.63. The van der Waals surface area contributed by atoms with E-state index in [1.54, 1.807) is 7.11 Å². The largest absolute Gasteiger partial charge is 0.380 e. The van der Waals surface area contributed by atoms with Gasteiger partial charge in [-0.15, -0.1) is 0 Å². The molecule has 1 heterocycles. The molecule has 1 saturated heterocycles. The molecule has 2 N–H and O–H groups in total. The number of nitrogens with zero attached hydrogens (tertiary/aromatic N) is 2. The molecule has 0 aliphatic carbocycles. The predicted octanol–water partition coefficient (Wildman–Crippen LogP) is 1.90. The number of rotatable bonds is 9. The zero-order chi connectivity index (χ0) is 17.9. The monoisotopic (exact) mass is 346 g/mol. The molecule has 0 saturated carbocycles. The van der Waals surface area contributed by atoms with Crippen molar-refractivity contribution in [2.75, 3.05) is 33.3 Å². The van der Waals surface area contributed by atoms with E-state index in [0.717, 1.165) is 50.5 Å². The quantitative estimate of drug-likeness (QED) is 0.407. The van der Waals surface area contributed by atoms with E-state index in [-0.39, 0.29) is 5.91 Å². The third-order valence-electron chi connectivity index (χ3n) is 4.24. The van der Waals surface area contributed by atoms with Crippen LogP contribution in [0.2, 0.25) is 0 Å².